The van der Waals surface area contributed by atoms with Crippen LogP contribution in [-0.2, 0) is 20.8 Å². The van der Waals surface area contributed by atoms with E-state index in [0.717, 1.165) is 51.3 Å². The lowest BCUT2D eigenvalue weighted by atomic mass is 10.1. The summed E-state index contributed by atoms with van der Waals surface area (Å²) in [5, 5.41) is 3.24. The minimum Gasteiger partial charge on any atom is -0.501 e. The van der Waals surface area contributed by atoms with Crippen molar-refractivity contribution in [1.29, 1.82) is 0 Å². The van der Waals surface area contributed by atoms with E-state index in [-0.39, 0.29) is 24.1 Å². The molecule has 2 aliphatic rings. The summed E-state index contributed by atoms with van der Waals surface area (Å²) in [4.78, 5) is 31.2. The number of methoxy groups -OCH3 is 1. The second kappa shape index (κ2) is 16.7. The van der Waals surface area contributed by atoms with E-state index in [2.05, 4.69) is 22.2 Å². The van der Waals surface area contributed by atoms with E-state index < -0.39 is 5.43 Å². The van der Waals surface area contributed by atoms with E-state index in [1.165, 1.54) is 0 Å². The molecule has 224 valence electrons. The molecule has 8 nitrogen and oxygen atoms in total. The summed E-state index contributed by atoms with van der Waals surface area (Å²) >= 11 is 0. The van der Waals surface area contributed by atoms with Gasteiger partial charge in [-0.15, -0.1) is 0 Å². The van der Waals surface area contributed by atoms with Crippen LogP contribution in [0.15, 0.2) is 53.2 Å². The standard InChI is InChI=1S/C32H45FN4O4/c1-5-9-29(41-22-6-2)31-27(23-33)32(39)28(25-10-7-11-26(40-4)13-12-25)24-37(31)17-14-30(38)34-15-8-16-36-20-18-35(3)19-21-36/h5,7,9-10,12-13,23-24H,6,8,11,14-22H2,1-4H3,(H,34,38)/b9-5-,27-23-,31-29-. The summed E-state index contributed by atoms with van der Waals surface area (Å²) in [6, 6.07) is 0. The Labute approximate surface area is 242 Å². The van der Waals surface area contributed by atoms with Gasteiger partial charge in [-0.3, -0.25) is 9.59 Å². The minimum absolute atomic E-state index is 0.0938. The molecule has 0 atom stereocenters. The van der Waals surface area contributed by atoms with Crippen LogP contribution in [0.2, 0.25) is 0 Å². The second-order valence-electron chi connectivity index (χ2n) is 10.3. The van der Waals surface area contributed by atoms with E-state index in [1.807, 2.05) is 32.1 Å². The fourth-order valence-electron chi connectivity index (χ4n) is 4.85. The summed E-state index contributed by atoms with van der Waals surface area (Å²) in [7, 11) is 3.74. The molecule has 9 heteroatoms. The van der Waals surface area contributed by atoms with E-state index in [4.69, 9.17) is 9.47 Å². The highest BCUT2D eigenvalue weighted by atomic mass is 19.1. The maximum Gasteiger partial charge on any atom is 0.221 e. The fourth-order valence-corrected chi connectivity index (χ4v) is 4.85. The van der Waals surface area contributed by atoms with Crippen LogP contribution in [0.4, 0.5) is 4.39 Å². The summed E-state index contributed by atoms with van der Waals surface area (Å²) < 4.78 is 27.6. The first-order valence-corrected chi connectivity index (χ1v) is 14.5. The highest BCUT2D eigenvalue weighted by Gasteiger charge is 2.15. The molecule has 1 aromatic heterocycles. The molecule has 1 aromatic rings. The molecular formula is C32H45FN4O4. The smallest absolute Gasteiger partial charge is 0.221 e. The van der Waals surface area contributed by atoms with Gasteiger partial charge in [0.25, 0.3) is 0 Å². The van der Waals surface area contributed by atoms with Gasteiger partial charge in [-0.2, -0.15) is 0 Å². The zero-order chi connectivity index (χ0) is 29.6. The van der Waals surface area contributed by atoms with Crippen LogP contribution in [0.25, 0.3) is 17.7 Å². The number of amides is 1. The zero-order valence-corrected chi connectivity index (χ0v) is 25.0. The molecule has 1 fully saturated rings. The number of piperazine rings is 1. The Kier molecular flexibility index (Phi) is 13.1. The third kappa shape index (κ3) is 9.30. The van der Waals surface area contributed by atoms with E-state index >= 15 is 0 Å². The second-order valence-corrected chi connectivity index (χ2v) is 10.3. The molecule has 1 amide bonds. The third-order valence-corrected chi connectivity index (χ3v) is 7.23. The lowest BCUT2D eigenvalue weighted by Crippen LogP contribution is -2.48. The van der Waals surface area contributed by atoms with E-state index in [0.29, 0.717) is 48.1 Å². The van der Waals surface area contributed by atoms with Crippen molar-refractivity contribution in [2.24, 2.45) is 0 Å². The number of likely N-dealkylation sites (N-methyl/N-ethyl adjacent to an activating group) is 1. The van der Waals surface area contributed by atoms with Crippen LogP contribution in [0, 0.1) is 0 Å². The average Bonchev–Trinajstić information content (AvgIpc) is 3.23. The Morgan fingerprint density at radius 3 is 2.63 bits per heavy atom. The molecular weight excluding hydrogens is 523 g/mol. The van der Waals surface area contributed by atoms with Crippen LogP contribution in [0.5, 0.6) is 0 Å². The number of aryl methyl sites for hydroxylation is 1. The van der Waals surface area contributed by atoms with E-state index in [9.17, 15) is 14.0 Å². The number of pyridine rings is 1. The molecule has 1 N–H and O–H groups in total. The Morgan fingerprint density at radius 1 is 1.17 bits per heavy atom. The summed E-state index contributed by atoms with van der Waals surface area (Å²) in [5.74, 6) is 1.05. The highest BCUT2D eigenvalue weighted by molar-refractivity contribution is 5.76. The molecule has 0 saturated carbocycles. The van der Waals surface area contributed by atoms with Crippen molar-refractivity contribution in [3.8, 4) is 0 Å². The molecule has 1 aliphatic heterocycles. The number of ether oxygens (including phenoxy) is 2. The molecule has 41 heavy (non-hydrogen) atoms. The van der Waals surface area contributed by atoms with Gasteiger partial charge < -0.3 is 29.2 Å². The predicted octanol–water partition coefficient (Wildman–Crippen LogP) is 2.68. The normalized spacial score (nSPS) is 17.7. The van der Waals surface area contributed by atoms with Gasteiger partial charge in [0.15, 0.2) is 5.43 Å². The monoisotopic (exact) mass is 568 g/mol. The Hall–Kier alpha value is -3.43. The number of carbonyl (C=O) groups excluding carboxylic acids is 1. The van der Waals surface area contributed by atoms with Crippen molar-refractivity contribution in [2.45, 2.75) is 46.1 Å². The number of carbonyl (C=O) groups is 1. The van der Waals surface area contributed by atoms with Crippen molar-refractivity contribution in [3.63, 3.8) is 0 Å². The number of halogens is 1. The number of rotatable bonds is 13. The Morgan fingerprint density at radius 2 is 1.95 bits per heavy atom. The van der Waals surface area contributed by atoms with Crippen LogP contribution in [0.3, 0.4) is 0 Å². The van der Waals surface area contributed by atoms with Crippen molar-refractivity contribution in [1.82, 2.24) is 19.7 Å². The van der Waals surface area contributed by atoms with E-state index in [1.54, 1.807) is 36.1 Å². The maximum atomic E-state index is 14.5. The largest absolute Gasteiger partial charge is 0.501 e. The SMILES string of the molecule is C\C=C/C(OCCC)=c1\c(=C\F)c(=O)c(C2=CC=C(OC)CC=C2)cn1CCC(=O)NCCCN1CCN(C)CC1. The number of nitrogens with one attached hydrogen (secondary N) is 1. The van der Waals surface area contributed by atoms with Gasteiger partial charge in [-0.25, -0.2) is 4.39 Å². The van der Waals surface area contributed by atoms with Gasteiger partial charge in [0.1, 0.15) is 12.1 Å². The van der Waals surface area contributed by atoms with Gasteiger partial charge in [0.05, 0.1) is 30.0 Å². The van der Waals surface area contributed by atoms with Crippen LogP contribution in [0.1, 0.15) is 45.1 Å². The first-order valence-electron chi connectivity index (χ1n) is 14.5. The average molecular weight is 569 g/mol. The number of hydrogen-bond donors (Lipinski definition) is 1. The third-order valence-electron chi connectivity index (χ3n) is 7.23. The van der Waals surface area contributed by atoms with Crippen LogP contribution in [-0.4, -0.2) is 80.3 Å². The fraction of sp³-hybridized carbons (Fsp3) is 0.500. The van der Waals surface area contributed by atoms with Gasteiger partial charge in [-0.1, -0.05) is 31.2 Å². The first kappa shape index (κ1) is 32.1. The quantitative estimate of drug-likeness (QED) is 0.369. The van der Waals surface area contributed by atoms with Crippen molar-refractivity contribution >= 4 is 23.6 Å². The van der Waals surface area contributed by atoms with Crippen molar-refractivity contribution in [3.05, 3.63) is 74.8 Å². The van der Waals surface area contributed by atoms with Crippen LogP contribution < -0.4 is 21.3 Å². The molecule has 3 rings (SSSR count). The molecule has 1 saturated heterocycles. The summed E-state index contributed by atoms with van der Waals surface area (Å²) in [6.07, 6.45) is 15.3. The zero-order valence-electron chi connectivity index (χ0n) is 25.0. The Bertz CT molecular complexity index is 1330. The van der Waals surface area contributed by atoms with Crippen molar-refractivity contribution < 1.29 is 18.7 Å². The number of hydrogen-bond acceptors (Lipinski definition) is 6. The van der Waals surface area contributed by atoms with Crippen molar-refractivity contribution in [2.75, 3.05) is 60.0 Å². The lowest BCUT2D eigenvalue weighted by Gasteiger charge is -2.32. The van der Waals surface area contributed by atoms with Gasteiger partial charge in [0.2, 0.25) is 5.91 Å². The molecule has 0 bridgehead atoms. The number of nitrogens with zero attached hydrogens (tertiary/aromatic N) is 3. The minimum atomic E-state index is -0.445. The first-order chi connectivity index (χ1) is 19.9. The molecule has 0 aromatic carbocycles. The van der Waals surface area contributed by atoms with Gasteiger partial charge in [0, 0.05) is 63.9 Å². The van der Waals surface area contributed by atoms with Gasteiger partial charge in [-0.05, 0) is 51.1 Å². The number of aromatic nitrogens is 1. The maximum absolute atomic E-state index is 14.5. The lowest BCUT2D eigenvalue weighted by molar-refractivity contribution is -0.121. The molecule has 2 heterocycles. The molecule has 0 radical (unpaired) electrons. The van der Waals surface area contributed by atoms with Crippen LogP contribution >= 0.6 is 0 Å². The molecule has 0 unspecified atom stereocenters. The summed E-state index contributed by atoms with van der Waals surface area (Å²) in [5.41, 5.74) is 0.533. The topological polar surface area (TPSA) is 76.0 Å². The molecule has 0 spiro atoms. The Balaban J connectivity index is 1.89. The number of allylic oxidation sites excluding steroid dienone is 6. The summed E-state index contributed by atoms with van der Waals surface area (Å²) in [6.45, 7) is 10.3. The van der Waals surface area contributed by atoms with Gasteiger partial charge >= 0.3 is 0 Å². The predicted molar refractivity (Wildman–Crippen MR) is 163 cm³/mol. The molecule has 1 aliphatic carbocycles. The highest BCUT2D eigenvalue weighted by Crippen LogP contribution is 2.18.